The van der Waals surface area contributed by atoms with Gasteiger partial charge in [0.05, 0.1) is 0 Å². The number of hydrogen-bond donors (Lipinski definition) is 2. The molecule has 26 heavy (non-hydrogen) atoms. The molecule has 0 unspecified atom stereocenters. The molecule has 0 aliphatic carbocycles. The van der Waals surface area contributed by atoms with E-state index < -0.39 is 35.7 Å². The van der Waals surface area contributed by atoms with Gasteiger partial charge in [-0.05, 0) is 36.4 Å². The summed E-state index contributed by atoms with van der Waals surface area (Å²) in [5, 5.41) is 5.03. The highest BCUT2D eigenvalue weighted by Crippen LogP contribution is 2.19. The lowest BCUT2D eigenvalue weighted by atomic mass is 10.1. The maximum atomic E-state index is 12.4. The van der Waals surface area contributed by atoms with Gasteiger partial charge in [0.2, 0.25) is 10.0 Å². The largest absolute Gasteiger partial charge is 0.268 e. The predicted octanol–water partition coefficient (Wildman–Crippen LogP) is 1.21. The summed E-state index contributed by atoms with van der Waals surface area (Å²) in [4.78, 5) is 11.0. The van der Waals surface area contributed by atoms with Crippen LogP contribution in [0.1, 0.15) is 29.3 Å². The minimum atomic E-state index is -4.43. The van der Waals surface area contributed by atoms with Crippen molar-refractivity contribution in [2.45, 2.75) is 23.1 Å². The standard InChI is InChI=1S/C17H16N2O5S2/c1-2-3-6-13-9-11-14(12-10-13)17(20)19-26(23,24)16-8-5-4-7-15(16)25(18,21)22/h4-5,7-12H,2H2,1H3,(H,19,20)(H2,18,21,22). The zero-order valence-electron chi connectivity index (χ0n) is 13.8. The number of amides is 1. The van der Waals surface area contributed by atoms with Gasteiger partial charge in [-0.1, -0.05) is 30.9 Å². The molecular formula is C17H16N2O5S2. The maximum Gasteiger partial charge on any atom is 0.265 e. The summed E-state index contributed by atoms with van der Waals surface area (Å²) in [6.07, 6.45) is 0.684. The van der Waals surface area contributed by atoms with Crippen molar-refractivity contribution < 1.29 is 21.6 Å². The first kappa shape index (κ1) is 19.7. The fourth-order valence-electron chi connectivity index (χ4n) is 2.04. The third-order valence-corrected chi connectivity index (χ3v) is 5.72. The van der Waals surface area contributed by atoms with Crippen molar-refractivity contribution in [3.8, 4) is 11.8 Å². The van der Waals surface area contributed by atoms with E-state index in [0.29, 0.717) is 12.0 Å². The van der Waals surface area contributed by atoms with Crippen LogP contribution in [0.15, 0.2) is 58.3 Å². The molecule has 0 aliphatic rings. The molecule has 136 valence electrons. The van der Waals surface area contributed by atoms with Crippen LogP contribution in [0, 0.1) is 11.8 Å². The van der Waals surface area contributed by atoms with Gasteiger partial charge in [-0.25, -0.2) is 26.7 Å². The predicted molar refractivity (Wildman–Crippen MR) is 96.1 cm³/mol. The Morgan fingerprint density at radius 2 is 1.58 bits per heavy atom. The van der Waals surface area contributed by atoms with Crippen LogP contribution in [0.4, 0.5) is 0 Å². The van der Waals surface area contributed by atoms with Crippen molar-refractivity contribution in [2.24, 2.45) is 5.14 Å². The molecule has 0 fully saturated rings. The molecular weight excluding hydrogens is 376 g/mol. The molecule has 9 heteroatoms. The van der Waals surface area contributed by atoms with Crippen LogP contribution in [-0.2, 0) is 20.0 Å². The lowest BCUT2D eigenvalue weighted by Crippen LogP contribution is -2.32. The molecule has 0 saturated carbocycles. The van der Waals surface area contributed by atoms with Crippen molar-refractivity contribution in [1.29, 1.82) is 0 Å². The van der Waals surface area contributed by atoms with Crippen LogP contribution in [-0.4, -0.2) is 22.7 Å². The van der Waals surface area contributed by atoms with E-state index in [0.717, 1.165) is 12.1 Å². The van der Waals surface area contributed by atoms with E-state index in [2.05, 4.69) is 11.8 Å². The number of hydrogen-bond acceptors (Lipinski definition) is 5. The monoisotopic (exact) mass is 392 g/mol. The second kappa shape index (κ2) is 7.70. The average Bonchev–Trinajstić information content (AvgIpc) is 2.59. The number of rotatable bonds is 4. The second-order valence-corrected chi connectivity index (χ2v) is 8.34. The van der Waals surface area contributed by atoms with Gasteiger partial charge in [0.25, 0.3) is 15.9 Å². The Bertz CT molecular complexity index is 1090. The third-order valence-electron chi connectivity index (χ3n) is 3.23. The van der Waals surface area contributed by atoms with Gasteiger partial charge in [0.1, 0.15) is 9.79 Å². The minimum Gasteiger partial charge on any atom is -0.268 e. The normalized spacial score (nSPS) is 11.3. The zero-order valence-corrected chi connectivity index (χ0v) is 15.4. The minimum absolute atomic E-state index is 0.0868. The van der Waals surface area contributed by atoms with E-state index in [1.807, 2.05) is 11.6 Å². The third kappa shape index (κ3) is 4.70. The smallest absolute Gasteiger partial charge is 0.265 e. The number of nitrogens with one attached hydrogen (secondary N) is 1. The quantitative estimate of drug-likeness (QED) is 0.757. The maximum absolute atomic E-state index is 12.4. The Morgan fingerprint density at radius 3 is 2.12 bits per heavy atom. The first-order valence-electron chi connectivity index (χ1n) is 7.43. The molecule has 2 aromatic carbocycles. The van der Waals surface area contributed by atoms with Crippen molar-refractivity contribution in [3.63, 3.8) is 0 Å². The molecule has 0 aliphatic heterocycles. The topological polar surface area (TPSA) is 123 Å². The van der Waals surface area contributed by atoms with E-state index in [1.54, 1.807) is 12.1 Å². The van der Waals surface area contributed by atoms with Crippen LogP contribution in [0.25, 0.3) is 0 Å². The molecule has 0 spiro atoms. The molecule has 0 atom stereocenters. The van der Waals surface area contributed by atoms with Gasteiger partial charge >= 0.3 is 0 Å². The average molecular weight is 392 g/mol. The van der Waals surface area contributed by atoms with Gasteiger partial charge in [-0.3, -0.25) is 4.79 Å². The summed E-state index contributed by atoms with van der Waals surface area (Å²) in [5.41, 5.74) is 0.773. The molecule has 1 amide bonds. The molecule has 0 radical (unpaired) electrons. The van der Waals surface area contributed by atoms with Crippen molar-refractivity contribution in [1.82, 2.24) is 4.72 Å². The summed E-state index contributed by atoms with van der Waals surface area (Å²) in [5.74, 6) is 4.86. The summed E-state index contributed by atoms with van der Waals surface area (Å²) in [6.45, 7) is 1.90. The molecule has 0 aromatic heterocycles. The van der Waals surface area contributed by atoms with E-state index in [1.165, 1.54) is 24.3 Å². The van der Waals surface area contributed by atoms with E-state index >= 15 is 0 Å². The Kier molecular flexibility index (Phi) is 5.82. The van der Waals surface area contributed by atoms with E-state index in [-0.39, 0.29) is 5.56 Å². The number of benzene rings is 2. The fourth-order valence-corrected chi connectivity index (χ4v) is 4.40. The van der Waals surface area contributed by atoms with E-state index in [9.17, 15) is 21.6 Å². The van der Waals surface area contributed by atoms with Crippen LogP contribution >= 0.6 is 0 Å². The first-order valence-corrected chi connectivity index (χ1v) is 10.5. The molecule has 7 nitrogen and oxygen atoms in total. The molecule has 3 N–H and O–H groups in total. The lowest BCUT2D eigenvalue weighted by Gasteiger charge is -2.10. The number of primary sulfonamides is 1. The Hall–Kier alpha value is -2.67. The molecule has 0 bridgehead atoms. The van der Waals surface area contributed by atoms with Crippen molar-refractivity contribution >= 4 is 26.0 Å². The zero-order chi connectivity index (χ0) is 19.4. The fraction of sp³-hybridized carbons (Fsp3) is 0.118. The van der Waals surface area contributed by atoms with Crippen LogP contribution in [0.5, 0.6) is 0 Å². The molecule has 2 rings (SSSR count). The second-order valence-electron chi connectivity index (χ2n) is 5.16. The highest BCUT2D eigenvalue weighted by atomic mass is 32.2. The van der Waals surface area contributed by atoms with Crippen LogP contribution in [0.3, 0.4) is 0 Å². The highest BCUT2D eigenvalue weighted by Gasteiger charge is 2.26. The number of carbonyl (C=O) groups excluding carboxylic acids is 1. The Morgan fingerprint density at radius 1 is 1.00 bits per heavy atom. The molecule has 0 saturated heterocycles. The summed E-state index contributed by atoms with van der Waals surface area (Å²) >= 11 is 0. The van der Waals surface area contributed by atoms with Crippen molar-refractivity contribution in [2.75, 3.05) is 0 Å². The summed E-state index contributed by atoms with van der Waals surface area (Å²) in [6, 6.07) is 10.8. The Balaban J connectivity index is 2.32. The molecule has 0 heterocycles. The number of carbonyl (C=O) groups is 1. The van der Waals surface area contributed by atoms with E-state index in [4.69, 9.17) is 5.14 Å². The number of nitrogens with two attached hydrogens (primary N) is 1. The van der Waals surface area contributed by atoms with Gasteiger partial charge < -0.3 is 0 Å². The van der Waals surface area contributed by atoms with Gasteiger partial charge in [-0.2, -0.15) is 0 Å². The van der Waals surface area contributed by atoms with Gasteiger partial charge in [0, 0.05) is 17.5 Å². The van der Waals surface area contributed by atoms with Crippen LogP contribution < -0.4 is 9.86 Å². The Labute approximate surface area is 152 Å². The SMILES string of the molecule is CCC#Cc1ccc(C(=O)NS(=O)(=O)c2ccccc2S(N)(=O)=O)cc1. The lowest BCUT2D eigenvalue weighted by molar-refractivity contribution is 0.0981. The highest BCUT2D eigenvalue weighted by molar-refractivity contribution is 7.92. The van der Waals surface area contributed by atoms with Gasteiger partial charge in [0.15, 0.2) is 0 Å². The molecule has 2 aromatic rings. The summed E-state index contributed by atoms with van der Waals surface area (Å²) < 4.78 is 49.8. The van der Waals surface area contributed by atoms with Crippen molar-refractivity contribution in [3.05, 3.63) is 59.7 Å². The van der Waals surface area contributed by atoms with Gasteiger partial charge in [-0.15, -0.1) is 0 Å². The summed E-state index contributed by atoms with van der Waals surface area (Å²) in [7, 11) is -8.71. The first-order chi connectivity index (χ1) is 12.1. The number of sulfonamides is 2. The van der Waals surface area contributed by atoms with Crippen LogP contribution in [0.2, 0.25) is 0 Å².